The first-order valence-corrected chi connectivity index (χ1v) is 10.4. The third-order valence-electron chi connectivity index (χ3n) is 7.14. The first-order valence-electron chi connectivity index (χ1n) is 10.4. The number of imide groups is 2. The van der Waals surface area contributed by atoms with Crippen LogP contribution in [0.5, 0.6) is 0 Å². The van der Waals surface area contributed by atoms with Crippen molar-refractivity contribution in [2.45, 2.75) is 24.8 Å². The molecule has 0 saturated carbocycles. The van der Waals surface area contributed by atoms with Crippen LogP contribution in [-0.4, -0.2) is 59.3 Å². The molecule has 2 aromatic carbocycles. The lowest BCUT2D eigenvalue weighted by atomic mass is 9.67. The zero-order chi connectivity index (χ0) is 22.8. The number of carbonyl (C=O) groups is 3. The minimum atomic E-state index is -1.51. The number of nitro benzene ring substituents is 1. The molecule has 0 N–H and O–H groups in total. The molecule has 0 aromatic heterocycles. The number of hydrogen-bond acceptors (Lipinski definition) is 6. The summed E-state index contributed by atoms with van der Waals surface area (Å²) in [4.78, 5) is 54.5. The van der Waals surface area contributed by atoms with Crippen LogP contribution in [0.1, 0.15) is 23.5 Å². The van der Waals surface area contributed by atoms with Crippen molar-refractivity contribution in [2.75, 3.05) is 25.5 Å². The molecule has 1 spiro atoms. The van der Waals surface area contributed by atoms with Crippen molar-refractivity contribution in [3.63, 3.8) is 0 Å². The van der Waals surface area contributed by atoms with Gasteiger partial charge in [-0.25, -0.2) is 4.79 Å². The lowest BCUT2D eigenvalue weighted by Crippen LogP contribution is -2.70. The summed E-state index contributed by atoms with van der Waals surface area (Å²) in [7, 11) is 2.76. The summed E-state index contributed by atoms with van der Waals surface area (Å²) in [6.45, 7) is 0.573. The van der Waals surface area contributed by atoms with Gasteiger partial charge in [-0.2, -0.15) is 0 Å². The van der Waals surface area contributed by atoms with Gasteiger partial charge in [-0.15, -0.1) is 0 Å². The number of hydrogen-bond donors (Lipinski definition) is 0. The van der Waals surface area contributed by atoms with Gasteiger partial charge in [0.15, 0.2) is 5.41 Å². The summed E-state index contributed by atoms with van der Waals surface area (Å²) >= 11 is 0. The van der Waals surface area contributed by atoms with E-state index in [0.717, 1.165) is 21.1 Å². The van der Waals surface area contributed by atoms with Crippen LogP contribution in [0.2, 0.25) is 0 Å². The van der Waals surface area contributed by atoms with Gasteiger partial charge in [0.05, 0.1) is 11.0 Å². The number of nitro groups is 1. The molecule has 0 bridgehead atoms. The Morgan fingerprint density at radius 3 is 2.28 bits per heavy atom. The van der Waals surface area contributed by atoms with Gasteiger partial charge >= 0.3 is 6.03 Å². The number of nitrogens with zero attached hydrogens (tertiary/aromatic N) is 4. The molecule has 5 rings (SSSR count). The number of urea groups is 1. The zero-order valence-corrected chi connectivity index (χ0v) is 17.7. The number of amides is 4. The Morgan fingerprint density at radius 1 is 1.00 bits per heavy atom. The Labute approximate surface area is 184 Å². The first kappa shape index (κ1) is 20.2. The van der Waals surface area contributed by atoms with E-state index in [1.54, 1.807) is 6.07 Å². The molecule has 2 fully saturated rings. The van der Waals surface area contributed by atoms with Crippen LogP contribution in [0.15, 0.2) is 48.5 Å². The highest BCUT2D eigenvalue weighted by Crippen LogP contribution is 2.52. The van der Waals surface area contributed by atoms with E-state index in [1.165, 1.54) is 26.2 Å². The fourth-order valence-corrected chi connectivity index (χ4v) is 5.59. The first-order chi connectivity index (χ1) is 15.3. The number of carbonyl (C=O) groups excluding carboxylic acids is 3. The van der Waals surface area contributed by atoms with Crippen molar-refractivity contribution in [1.29, 1.82) is 0 Å². The van der Waals surface area contributed by atoms with Crippen molar-refractivity contribution < 1.29 is 19.3 Å². The molecule has 4 amide bonds. The highest BCUT2D eigenvalue weighted by atomic mass is 16.6. The van der Waals surface area contributed by atoms with Gasteiger partial charge in [0.2, 0.25) is 11.8 Å². The van der Waals surface area contributed by atoms with Crippen LogP contribution >= 0.6 is 0 Å². The molecule has 2 saturated heterocycles. The smallest absolute Gasteiger partial charge is 0.332 e. The molecule has 32 heavy (non-hydrogen) atoms. The third-order valence-corrected chi connectivity index (χ3v) is 7.14. The van der Waals surface area contributed by atoms with Crippen molar-refractivity contribution in [3.8, 4) is 0 Å². The number of non-ortho nitro benzene ring substituents is 1. The maximum Gasteiger partial charge on any atom is 0.332 e. The Hall–Kier alpha value is -3.75. The van der Waals surface area contributed by atoms with Crippen molar-refractivity contribution >= 4 is 29.2 Å². The summed E-state index contributed by atoms with van der Waals surface area (Å²) in [6, 6.07) is 13.4. The van der Waals surface area contributed by atoms with E-state index < -0.39 is 34.2 Å². The normalized spacial score (nSPS) is 24.1. The van der Waals surface area contributed by atoms with E-state index in [4.69, 9.17) is 0 Å². The van der Waals surface area contributed by atoms with Crippen molar-refractivity contribution in [2.24, 2.45) is 5.41 Å². The Bertz CT molecular complexity index is 1140. The average molecular weight is 434 g/mol. The number of anilines is 1. The topological polar surface area (TPSA) is 104 Å². The summed E-state index contributed by atoms with van der Waals surface area (Å²) in [5.41, 5.74) is 0.872. The Balaban J connectivity index is 1.69. The van der Waals surface area contributed by atoms with Crippen LogP contribution in [0.25, 0.3) is 0 Å². The van der Waals surface area contributed by atoms with E-state index >= 15 is 0 Å². The number of rotatable bonds is 2. The second-order valence-electron chi connectivity index (χ2n) is 8.74. The molecular formula is C23H22N4O5. The predicted molar refractivity (Wildman–Crippen MR) is 115 cm³/mol. The highest BCUT2D eigenvalue weighted by molar-refractivity contribution is 6.20. The van der Waals surface area contributed by atoms with E-state index in [0.29, 0.717) is 18.5 Å². The summed E-state index contributed by atoms with van der Waals surface area (Å²) in [5.74, 6) is -1.02. The zero-order valence-electron chi connectivity index (χ0n) is 17.7. The van der Waals surface area contributed by atoms with Crippen LogP contribution in [0.3, 0.4) is 0 Å². The summed E-state index contributed by atoms with van der Waals surface area (Å²) in [6.07, 6.45) is 0.583. The van der Waals surface area contributed by atoms with Gasteiger partial charge in [0.25, 0.3) is 5.69 Å². The maximum atomic E-state index is 13.6. The van der Waals surface area contributed by atoms with Gasteiger partial charge in [0, 0.05) is 50.8 Å². The van der Waals surface area contributed by atoms with Crippen molar-refractivity contribution in [3.05, 3.63) is 69.8 Å². The van der Waals surface area contributed by atoms with Crippen molar-refractivity contribution in [1.82, 2.24) is 9.80 Å². The Kier molecular flexibility index (Phi) is 4.34. The van der Waals surface area contributed by atoms with Gasteiger partial charge < -0.3 is 4.90 Å². The van der Waals surface area contributed by atoms with Crippen LogP contribution in [0, 0.1) is 15.5 Å². The third kappa shape index (κ3) is 2.60. The molecule has 2 aromatic rings. The van der Waals surface area contributed by atoms with E-state index in [-0.39, 0.29) is 18.0 Å². The minimum absolute atomic E-state index is 0.0202. The standard InChI is InChI=1S/C23H22N4O5/c1-24-20(28)23(21(29)25(2)22(24)30)12-15-10-17(27(31)32)8-9-18(15)26-13-16(11-19(23)26)14-6-4-3-5-7-14/h3-10,16,19H,11-13H2,1-2H3/t16-,19+/m0/s1. The molecule has 9 nitrogen and oxygen atoms in total. The number of fused-ring (bicyclic) bond motifs is 4. The van der Waals surface area contributed by atoms with E-state index in [1.807, 2.05) is 35.2 Å². The van der Waals surface area contributed by atoms with E-state index in [9.17, 15) is 24.5 Å². The molecule has 3 aliphatic heterocycles. The monoisotopic (exact) mass is 434 g/mol. The molecule has 3 heterocycles. The molecule has 9 heteroatoms. The highest BCUT2D eigenvalue weighted by Gasteiger charge is 2.64. The second kappa shape index (κ2) is 6.88. The number of benzene rings is 2. The van der Waals surface area contributed by atoms with Crippen LogP contribution in [0.4, 0.5) is 16.2 Å². The SMILES string of the molecule is CN1C(=O)N(C)C(=O)C2(Cc3cc([N+](=O)[O-])ccc3N3C[C@@H](c4ccccc4)C[C@@H]32)C1=O. The number of barbiturate groups is 1. The second-order valence-corrected chi connectivity index (χ2v) is 8.74. The van der Waals surface area contributed by atoms with E-state index in [2.05, 4.69) is 0 Å². The largest absolute Gasteiger partial charge is 0.366 e. The molecular weight excluding hydrogens is 412 g/mol. The maximum absolute atomic E-state index is 13.6. The van der Waals surface area contributed by atoms with Crippen LogP contribution < -0.4 is 4.90 Å². The van der Waals surface area contributed by atoms with Gasteiger partial charge in [-0.05, 0) is 23.6 Å². The molecule has 164 valence electrons. The average Bonchev–Trinajstić information content (AvgIpc) is 3.26. The lowest BCUT2D eigenvalue weighted by Gasteiger charge is -2.50. The Morgan fingerprint density at radius 2 is 1.66 bits per heavy atom. The quantitative estimate of drug-likeness (QED) is 0.409. The summed E-state index contributed by atoms with van der Waals surface area (Å²) in [5, 5.41) is 11.4. The van der Waals surface area contributed by atoms with Gasteiger partial charge in [-0.1, -0.05) is 30.3 Å². The molecule has 0 aliphatic carbocycles. The molecule has 3 aliphatic rings. The van der Waals surface area contributed by atoms with Gasteiger partial charge in [-0.3, -0.25) is 29.5 Å². The fraction of sp³-hybridized carbons (Fsp3) is 0.348. The summed E-state index contributed by atoms with van der Waals surface area (Å²) < 4.78 is 0. The van der Waals surface area contributed by atoms with Gasteiger partial charge in [0.1, 0.15) is 0 Å². The lowest BCUT2D eigenvalue weighted by molar-refractivity contribution is -0.384. The predicted octanol–water partition coefficient (Wildman–Crippen LogP) is 2.55. The molecule has 2 atom stereocenters. The molecule has 0 unspecified atom stereocenters. The fourth-order valence-electron chi connectivity index (χ4n) is 5.59. The minimum Gasteiger partial charge on any atom is -0.366 e. The van der Waals surface area contributed by atoms with Crippen LogP contribution in [-0.2, 0) is 16.0 Å². The molecule has 0 radical (unpaired) electrons.